The van der Waals surface area contributed by atoms with E-state index in [1.54, 1.807) is 0 Å². The zero-order valence-electron chi connectivity index (χ0n) is 10.3. The summed E-state index contributed by atoms with van der Waals surface area (Å²) in [5.41, 5.74) is 7.47. The van der Waals surface area contributed by atoms with Crippen molar-refractivity contribution in [2.24, 2.45) is 5.73 Å². The van der Waals surface area contributed by atoms with Gasteiger partial charge in [-0.1, -0.05) is 30.3 Å². The second-order valence-electron chi connectivity index (χ2n) is 4.92. The third-order valence-electron chi connectivity index (χ3n) is 3.52. The highest BCUT2D eigenvalue weighted by molar-refractivity contribution is 5.15. The molecule has 94 valence electrons. The van der Waals surface area contributed by atoms with Crippen molar-refractivity contribution in [3.63, 3.8) is 0 Å². The third kappa shape index (κ3) is 3.53. The zero-order valence-corrected chi connectivity index (χ0v) is 10.3. The average molecular weight is 234 g/mol. The molecule has 0 radical (unpaired) electrons. The van der Waals surface area contributed by atoms with Gasteiger partial charge in [0.2, 0.25) is 0 Å². The highest BCUT2D eigenvalue weighted by Crippen LogP contribution is 2.17. The van der Waals surface area contributed by atoms with Gasteiger partial charge in [-0.25, -0.2) is 0 Å². The first-order valence-corrected chi connectivity index (χ1v) is 6.44. The molecule has 3 nitrogen and oxygen atoms in total. The number of hydrogen-bond donors (Lipinski definition) is 2. The molecule has 0 bridgehead atoms. The molecule has 1 fully saturated rings. The average Bonchev–Trinajstić information content (AvgIpc) is 2.77. The minimum atomic E-state index is 0.157. The monoisotopic (exact) mass is 234 g/mol. The van der Waals surface area contributed by atoms with Crippen LogP contribution in [0, 0.1) is 0 Å². The molecule has 0 amide bonds. The van der Waals surface area contributed by atoms with Crippen LogP contribution in [-0.2, 0) is 6.42 Å². The lowest BCUT2D eigenvalue weighted by Crippen LogP contribution is -2.42. The molecule has 0 unspecified atom stereocenters. The molecule has 0 aromatic heterocycles. The number of benzene rings is 1. The first kappa shape index (κ1) is 12.6. The zero-order chi connectivity index (χ0) is 12.1. The molecule has 1 heterocycles. The van der Waals surface area contributed by atoms with Crippen LogP contribution in [0.15, 0.2) is 30.3 Å². The number of hydrogen-bond acceptors (Lipinski definition) is 3. The molecular weight excluding hydrogens is 212 g/mol. The van der Waals surface area contributed by atoms with Gasteiger partial charge >= 0.3 is 0 Å². The van der Waals surface area contributed by atoms with E-state index in [1.165, 1.54) is 12.0 Å². The van der Waals surface area contributed by atoms with Crippen molar-refractivity contribution in [2.75, 3.05) is 19.7 Å². The summed E-state index contributed by atoms with van der Waals surface area (Å²) >= 11 is 0. The second kappa shape index (κ2) is 6.15. The molecule has 1 saturated heterocycles. The van der Waals surface area contributed by atoms with Gasteiger partial charge in [-0.05, 0) is 31.4 Å². The number of nitrogens with two attached hydrogens (primary N) is 1. The molecule has 3 N–H and O–H groups in total. The van der Waals surface area contributed by atoms with E-state index in [1.807, 2.05) is 6.07 Å². The molecule has 1 aliphatic rings. The molecule has 3 heteroatoms. The highest BCUT2D eigenvalue weighted by atomic mass is 16.3. The normalized spacial score (nSPS) is 22.8. The lowest BCUT2D eigenvalue weighted by Gasteiger charge is -2.26. The third-order valence-corrected chi connectivity index (χ3v) is 3.52. The van der Waals surface area contributed by atoms with Crippen molar-refractivity contribution < 1.29 is 5.11 Å². The maximum atomic E-state index is 9.26. The Bertz CT molecular complexity index is 328. The largest absolute Gasteiger partial charge is 0.395 e. The SMILES string of the molecule is N[C@H](Cc1ccccc1)CN1CCC[C@H]1CO. The fourth-order valence-electron chi connectivity index (χ4n) is 2.62. The molecule has 1 aliphatic heterocycles. The molecule has 1 aromatic carbocycles. The molecule has 0 spiro atoms. The van der Waals surface area contributed by atoms with Gasteiger partial charge in [0, 0.05) is 18.6 Å². The van der Waals surface area contributed by atoms with Crippen molar-refractivity contribution >= 4 is 0 Å². The first-order valence-electron chi connectivity index (χ1n) is 6.44. The first-order chi connectivity index (χ1) is 8.29. The summed E-state index contributed by atoms with van der Waals surface area (Å²) in [4.78, 5) is 2.33. The van der Waals surface area contributed by atoms with Gasteiger partial charge in [0.25, 0.3) is 0 Å². The molecule has 17 heavy (non-hydrogen) atoms. The minimum absolute atomic E-state index is 0.157. The summed E-state index contributed by atoms with van der Waals surface area (Å²) in [5.74, 6) is 0. The Morgan fingerprint density at radius 3 is 2.82 bits per heavy atom. The quantitative estimate of drug-likeness (QED) is 0.799. The van der Waals surface area contributed by atoms with Crippen LogP contribution in [0.4, 0.5) is 0 Å². The van der Waals surface area contributed by atoms with E-state index in [0.717, 1.165) is 25.9 Å². The van der Waals surface area contributed by atoms with E-state index in [2.05, 4.69) is 29.2 Å². The summed E-state index contributed by atoms with van der Waals surface area (Å²) in [6, 6.07) is 10.8. The van der Waals surface area contributed by atoms with Gasteiger partial charge in [0.05, 0.1) is 6.61 Å². The predicted molar refractivity (Wildman–Crippen MR) is 69.8 cm³/mol. The Balaban J connectivity index is 1.83. The van der Waals surface area contributed by atoms with Crippen LogP contribution in [0.2, 0.25) is 0 Å². The Morgan fingerprint density at radius 2 is 2.12 bits per heavy atom. The van der Waals surface area contributed by atoms with Gasteiger partial charge < -0.3 is 10.8 Å². The molecule has 1 aromatic rings. The maximum absolute atomic E-state index is 9.26. The fraction of sp³-hybridized carbons (Fsp3) is 0.571. The van der Waals surface area contributed by atoms with E-state index < -0.39 is 0 Å². The lowest BCUT2D eigenvalue weighted by atomic mass is 10.1. The van der Waals surface area contributed by atoms with Crippen LogP contribution in [0.5, 0.6) is 0 Å². The Labute approximate surface area is 103 Å². The van der Waals surface area contributed by atoms with Crippen molar-refractivity contribution in [1.29, 1.82) is 0 Å². The highest BCUT2D eigenvalue weighted by Gasteiger charge is 2.24. The number of likely N-dealkylation sites (tertiary alicyclic amines) is 1. The van der Waals surface area contributed by atoms with Crippen molar-refractivity contribution in [2.45, 2.75) is 31.3 Å². The van der Waals surface area contributed by atoms with Gasteiger partial charge in [-0.15, -0.1) is 0 Å². The molecular formula is C14H22N2O. The van der Waals surface area contributed by atoms with Crippen LogP contribution in [0.1, 0.15) is 18.4 Å². The maximum Gasteiger partial charge on any atom is 0.0586 e. The van der Waals surface area contributed by atoms with Crippen LogP contribution in [0.3, 0.4) is 0 Å². The molecule has 0 aliphatic carbocycles. The standard InChI is InChI=1S/C14H22N2O/c15-13(9-12-5-2-1-3-6-12)10-16-8-4-7-14(16)11-17/h1-3,5-6,13-14,17H,4,7-11,15H2/t13-,14+/m1/s1. The van der Waals surface area contributed by atoms with Gasteiger partial charge in [0.15, 0.2) is 0 Å². The Hall–Kier alpha value is -0.900. The molecule has 2 atom stereocenters. The second-order valence-corrected chi connectivity index (χ2v) is 4.92. The van der Waals surface area contributed by atoms with Gasteiger partial charge in [-0.3, -0.25) is 4.90 Å². The number of aliphatic hydroxyl groups excluding tert-OH is 1. The van der Waals surface area contributed by atoms with Crippen LogP contribution >= 0.6 is 0 Å². The molecule has 2 rings (SSSR count). The Kier molecular flexibility index (Phi) is 4.54. The van der Waals surface area contributed by atoms with Crippen LogP contribution in [-0.4, -0.2) is 41.8 Å². The van der Waals surface area contributed by atoms with Crippen molar-refractivity contribution in [1.82, 2.24) is 4.90 Å². The molecule has 0 saturated carbocycles. The summed E-state index contributed by atoms with van der Waals surface area (Å²) in [6.07, 6.45) is 3.20. The van der Waals surface area contributed by atoms with Crippen molar-refractivity contribution in [3.05, 3.63) is 35.9 Å². The minimum Gasteiger partial charge on any atom is -0.395 e. The van der Waals surface area contributed by atoms with Crippen LogP contribution < -0.4 is 5.73 Å². The lowest BCUT2D eigenvalue weighted by molar-refractivity contribution is 0.152. The van der Waals surface area contributed by atoms with Gasteiger partial charge in [-0.2, -0.15) is 0 Å². The summed E-state index contributed by atoms with van der Waals surface area (Å²) in [6.45, 7) is 2.23. The fourth-order valence-corrected chi connectivity index (χ4v) is 2.62. The van der Waals surface area contributed by atoms with E-state index in [-0.39, 0.29) is 12.6 Å². The summed E-state index contributed by atoms with van der Waals surface area (Å²) in [7, 11) is 0. The van der Waals surface area contributed by atoms with Gasteiger partial charge in [0.1, 0.15) is 0 Å². The predicted octanol–water partition coefficient (Wildman–Crippen LogP) is 1.01. The smallest absolute Gasteiger partial charge is 0.0586 e. The van der Waals surface area contributed by atoms with E-state index in [0.29, 0.717) is 6.04 Å². The topological polar surface area (TPSA) is 49.5 Å². The Morgan fingerprint density at radius 1 is 1.35 bits per heavy atom. The number of aliphatic hydroxyl groups is 1. The summed E-state index contributed by atoms with van der Waals surface area (Å²) < 4.78 is 0. The van der Waals surface area contributed by atoms with Crippen molar-refractivity contribution in [3.8, 4) is 0 Å². The number of nitrogens with zero attached hydrogens (tertiary/aromatic N) is 1. The number of rotatable bonds is 5. The van der Waals surface area contributed by atoms with E-state index in [9.17, 15) is 5.11 Å². The van der Waals surface area contributed by atoms with E-state index >= 15 is 0 Å². The van der Waals surface area contributed by atoms with E-state index in [4.69, 9.17) is 5.73 Å². The summed E-state index contributed by atoms with van der Waals surface area (Å²) in [5, 5.41) is 9.26. The van der Waals surface area contributed by atoms with Crippen LogP contribution in [0.25, 0.3) is 0 Å².